The molecule has 2 N–H and O–H groups in total. The van der Waals surface area contributed by atoms with Gasteiger partial charge in [-0.2, -0.15) is 0 Å². The van der Waals surface area contributed by atoms with E-state index in [1.807, 2.05) is 33.8 Å². The molecule has 1 aromatic rings. The Labute approximate surface area is 119 Å². The van der Waals surface area contributed by atoms with Gasteiger partial charge in [0, 0.05) is 11.4 Å². The summed E-state index contributed by atoms with van der Waals surface area (Å²) in [6.07, 6.45) is 0.724. The third-order valence-electron chi connectivity index (χ3n) is 2.96. The van der Waals surface area contributed by atoms with Crippen molar-refractivity contribution in [2.45, 2.75) is 50.8 Å². The first-order valence-corrected chi connectivity index (χ1v) is 8.73. The van der Waals surface area contributed by atoms with Crippen molar-refractivity contribution in [3.8, 4) is 0 Å². The van der Waals surface area contributed by atoms with Crippen LogP contribution in [0.15, 0.2) is 16.3 Å². The average molecular weight is 305 g/mol. The molecule has 0 aromatic carbocycles. The number of aliphatic hydroxyl groups is 1. The van der Waals surface area contributed by atoms with Crippen molar-refractivity contribution in [3.05, 3.63) is 17.0 Å². The predicted molar refractivity (Wildman–Crippen MR) is 79.0 cm³/mol. The Balaban J connectivity index is 2.57. The van der Waals surface area contributed by atoms with E-state index in [4.69, 9.17) is 0 Å². The van der Waals surface area contributed by atoms with Crippen LogP contribution in [0.3, 0.4) is 0 Å². The Bertz CT molecular complexity index is 500. The minimum absolute atomic E-state index is 0.232. The average Bonchev–Trinajstić information content (AvgIpc) is 2.76. The highest BCUT2D eigenvalue weighted by atomic mass is 32.2. The topological polar surface area (TPSA) is 66.4 Å². The van der Waals surface area contributed by atoms with Crippen LogP contribution in [0.25, 0.3) is 0 Å². The molecule has 0 aliphatic rings. The minimum atomic E-state index is -3.43. The van der Waals surface area contributed by atoms with Crippen LogP contribution in [0.4, 0.5) is 0 Å². The van der Waals surface area contributed by atoms with E-state index >= 15 is 0 Å². The van der Waals surface area contributed by atoms with Crippen LogP contribution in [0.1, 0.15) is 39.0 Å². The molecule has 0 spiro atoms. The van der Waals surface area contributed by atoms with Crippen LogP contribution in [0.2, 0.25) is 0 Å². The van der Waals surface area contributed by atoms with Gasteiger partial charge in [0.25, 0.3) is 0 Å². The van der Waals surface area contributed by atoms with Crippen LogP contribution in [-0.4, -0.2) is 26.2 Å². The monoisotopic (exact) mass is 305 g/mol. The molecule has 0 saturated carbocycles. The Hall–Kier alpha value is -0.430. The largest absolute Gasteiger partial charge is 0.393 e. The summed E-state index contributed by atoms with van der Waals surface area (Å²) < 4.78 is 26.9. The van der Waals surface area contributed by atoms with E-state index in [-0.39, 0.29) is 12.0 Å². The molecule has 0 aliphatic heterocycles. The van der Waals surface area contributed by atoms with E-state index in [1.165, 1.54) is 11.3 Å². The summed E-state index contributed by atoms with van der Waals surface area (Å²) in [5, 5.41) is 9.86. The van der Waals surface area contributed by atoms with Gasteiger partial charge in [-0.25, -0.2) is 13.1 Å². The Kier molecular flexibility index (Phi) is 5.55. The number of nitrogens with one attached hydrogen (secondary N) is 1. The standard InChI is InChI=1S/C13H23NO3S2/c1-5-10-6-7-12(18-10)19(16,17)14-9-8-11(15)13(2,3)4/h6-7,11,14-15H,5,8-9H2,1-4H3. The summed E-state index contributed by atoms with van der Waals surface area (Å²) in [5.74, 6) is 0. The van der Waals surface area contributed by atoms with Crippen LogP contribution < -0.4 is 4.72 Å². The normalized spacial score (nSPS) is 14.6. The molecular formula is C13H23NO3S2. The Morgan fingerprint density at radius 1 is 1.37 bits per heavy atom. The number of thiophene rings is 1. The summed E-state index contributed by atoms with van der Waals surface area (Å²) in [4.78, 5) is 1.05. The van der Waals surface area contributed by atoms with Gasteiger partial charge >= 0.3 is 0 Å². The van der Waals surface area contributed by atoms with Crippen molar-refractivity contribution in [2.24, 2.45) is 5.41 Å². The van der Waals surface area contributed by atoms with Crippen LogP contribution in [0, 0.1) is 5.41 Å². The van der Waals surface area contributed by atoms with Crippen molar-refractivity contribution in [2.75, 3.05) is 6.54 Å². The molecule has 1 unspecified atom stereocenters. The Morgan fingerprint density at radius 3 is 2.47 bits per heavy atom. The molecule has 19 heavy (non-hydrogen) atoms. The fraction of sp³-hybridized carbons (Fsp3) is 0.692. The molecule has 0 bridgehead atoms. The van der Waals surface area contributed by atoms with Gasteiger partial charge in [-0.1, -0.05) is 27.7 Å². The third kappa shape index (κ3) is 4.87. The number of aliphatic hydroxyl groups excluding tert-OH is 1. The lowest BCUT2D eigenvalue weighted by Crippen LogP contribution is -2.32. The van der Waals surface area contributed by atoms with Crippen molar-refractivity contribution >= 4 is 21.4 Å². The minimum Gasteiger partial charge on any atom is -0.393 e. The van der Waals surface area contributed by atoms with Crippen molar-refractivity contribution in [1.29, 1.82) is 0 Å². The van der Waals surface area contributed by atoms with Crippen LogP contribution in [-0.2, 0) is 16.4 Å². The lowest BCUT2D eigenvalue weighted by Gasteiger charge is -2.25. The van der Waals surface area contributed by atoms with E-state index in [9.17, 15) is 13.5 Å². The first-order valence-electron chi connectivity index (χ1n) is 6.43. The van der Waals surface area contributed by atoms with E-state index in [0.717, 1.165) is 11.3 Å². The predicted octanol–water partition coefficient (Wildman–Crippen LogP) is 2.39. The molecule has 6 heteroatoms. The smallest absolute Gasteiger partial charge is 0.250 e. The second kappa shape index (κ2) is 6.35. The highest BCUT2D eigenvalue weighted by Gasteiger charge is 2.23. The lowest BCUT2D eigenvalue weighted by atomic mass is 9.87. The molecule has 4 nitrogen and oxygen atoms in total. The first kappa shape index (κ1) is 16.6. The molecule has 0 fully saturated rings. The summed E-state index contributed by atoms with van der Waals surface area (Å²) >= 11 is 1.29. The number of aryl methyl sites for hydroxylation is 1. The van der Waals surface area contributed by atoms with Gasteiger partial charge in [-0.3, -0.25) is 0 Å². The van der Waals surface area contributed by atoms with Crippen molar-refractivity contribution in [3.63, 3.8) is 0 Å². The maximum atomic E-state index is 12.0. The highest BCUT2D eigenvalue weighted by Crippen LogP contribution is 2.23. The lowest BCUT2D eigenvalue weighted by molar-refractivity contribution is 0.0571. The van der Waals surface area contributed by atoms with Gasteiger partial charge in [-0.15, -0.1) is 11.3 Å². The number of hydrogen-bond donors (Lipinski definition) is 2. The second-order valence-electron chi connectivity index (χ2n) is 5.64. The van der Waals surface area contributed by atoms with Gasteiger partial charge in [-0.05, 0) is 30.4 Å². The van der Waals surface area contributed by atoms with Crippen LogP contribution in [0.5, 0.6) is 0 Å². The number of sulfonamides is 1. The molecule has 1 aromatic heterocycles. The van der Waals surface area contributed by atoms with Crippen LogP contribution >= 0.6 is 11.3 Å². The van der Waals surface area contributed by atoms with Gasteiger partial charge in [0.15, 0.2) is 0 Å². The van der Waals surface area contributed by atoms with Gasteiger partial charge in [0.2, 0.25) is 10.0 Å². The fourth-order valence-electron chi connectivity index (χ4n) is 1.53. The molecule has 1 rings (SSSR count). The van der Waals surface area contributed by atoms with Gasteiger partial charge < -0.3 is 5.11 Å². The zero-order chi connectivity index (χ0) is 14.7. The van der Waals surface area contributed by atoms with E-state index < -0.39 is 16.1 Å². The summed E-state index contributed by atoms with van der Waals surface area (Å²) in [5.41, 5.74) is -0.232. The fourth-order valence-corrected chi connectivity index (χ4v) is 3.91. The SMILES string of the molecule is CCc1ccc(S(=O)(=O)NCCC(O)C(C)(C)C)s1. The maximum Gasteiger partial charge on any atom is 0.250 e. The third-order valence-corrected chi connectivity index (χ3v) is 6.14. The molecular weight excluding hydrogens is 282 g/mol. The number of hydrogen-bond acceptors (Lipinski definition) is 4. The van der Waals surface area contributed by atoms with Crippen molar-refractivity contribution < 1.29 is 13.5 Å². The zero-order valence-corrected chi connectivity index (χ0v) is 13.6. The molecule has 1 atom stereocenters. The molecule has 0 saturated heterocycles. The quantitative estimate of drug-likeness (QED) is 0.848. The maximum absolute atomic E-state index is 12.0. The van der Waals surface area contributed by atoms with Gasteiger partial charge in [0.1, 0.15) is 4.21 Å². The summed E-state index contributed by atoms with van der Waals surface area (Å²) in [6, 6.07) is 3.47. The summed E-state index contributed by atoms with van der Waals surface area (Å²) in [6.45, 7) is 8.03. The second-order valence-corrected chi connectivity index (χ2v) is 8.80. The number of rotatable bonds is 6. The zero-order valence-electron chi connectivity index (χ0n) is 11.9. The summed E-state index contributed by atoms with van der Waals surface area (Å²) in [7, 11) is -3.43. The Morgan fingerprint density at radius 2 is 2.00 bits per heavy atom. The van der Waals surface area contributed by atoms with Crippen molar-refractivity contribution in [1.82, 2.24) is 4.72 Å². The molecule has 110 valence electrons. The molecule has 1 heterocycles. The molecule has 0 aliphatic carbocycles. The first-order chi connectivity index (χ1) is 8.66. The van der Waals surface area contributed by atoms with E-state index in [1.54, 1.807) is 6.07 Å². The van der Waals surface area contributed by atoms with Gasteiger partial charge in [0.05, 0.1) is 6.10 Å². The molecule has 0 radical (unpaired) electrons. The van der Waals surface area contributed by atoms with E-state index in [2.05, 4.69) is 4.72 Å². The molecule has 0 amide bonds. The highest BCUT2D eigenvalue weighted by molar-refractivity contribution is 7.91. The van der Waals surface area contributed by atoms with E-state index in [0.29, 0.717) is 10.6 Å².